The Balaban J connectivity index is 1.88. The first kappa shape index (κ1) is 16.5. The summed E-state index contributed by atoms with van der Waals surface area (Å²) < 4.78 is 0. The van der Waals surface area contributed by atoms with E-state index < -0.39 is 0 Å². The SMILES string of the molecule is CC(C)c1ccccc1NC(=O)C[NH+]1CCC(C(N)=O)CC1. The minimum atomic E-state index is -0.214. The van der Waals surface area contributed by atoms with Crippen molar-refractivity contribution in [2.75, 3.05) is 25.0 Å². The molecule has 1 heterocycles. The molecule has 1 aromatic carbocycles. The maximum absolute atomic E-state index is 12.2. The van der Waals surface area contributed by atoms with E-state index in [0.717, 1.165) is 37.2 Å². The maximum atomic E-state index is 12.2. The molecule has 22 heavy (non-hydrogen) atoms. The van der Waals surface area contributed by atoms with E-state index in [4.69, 9.17) is 5.73 Å². The number of primary amides is 1. The van der Waals surface area contributed by atoms with Crippen molar-refractivity contribution in [1.29, 1.82) is 0 Å². The zero-order valence-corrected chi connectivity index (χ0v) is 13.4. The fourth-order valence-corrected chi connectivity index (χ4v) is 3.02. The van der Waals surface area contributed by atoms with Gasteiger partial charge in [0.2, 0.25) is 5.91 Å². The molecule has 1 saturated heterocycles. The zero-order valence-electron chi connectivity index (χ0n) is 13.4. The van der Waals surface area contributed by atoms with Gasteiger partial charge in [-0.05, 0) is 17.5 Å². The van der Waals surface area contributed by atoms with Gasteiger partial charge >= 0.3 is 0 Å². The normalized spacial score (nSPS) is 21.6. The van der Waals surface area contributed by atoms with Gasteiger partial charge in [0.15, 0.2) is 6.54 Å². The van der Waals surface area contributed by atoms with Crippen LogP contribution in [0.5, 0.6) is 0 Å². The molecule has 1 aliphatic rings. The summed E-state index contributed by atoms with van der Waals surface area (Å²) in [5.74, 6) is 0.165. The van der Waals surface area contributed by atoms with Crippen molar-refractivity contribution >= 4 is 17.5 Å². The second-order valence-corrected chi connectivity index (χ2v) is 6.39. The third-order valence-electron chi connectivity index (χ3n) is 4.36. The van der Waals surface area contributed by atoms with Gasteiger partial charge in [-0.25, -0.2) is 0 Å². The van der Waals surface area contributed by atoms with E-state index >= 15 is 0 Å². The first-order valence-electron chi connectivity index (χ1n) is 7.99. The minimum Gasteiger partial charge on any atom is -0.369 e. The third kappa shape index (κ3) is 4.31. The quantitative estimate of drug-likeness (QED) is 0.742. The Bertz CT molecular complexity index is 534. The molecule has 0 saturated carbocycles. The Kier molecular flexibility index (Phi) is 5.55. The number of nitrogens with one attached hydrogen (secondary N) is 2. The third-order valence-corrected chi connectivity index (χ3v) is 4.36. The van der Waals surface area contributed by atoms with Crippen LogP contribution in [0, 0.1) is 5.92 Å². The van der Waals surface area contributed by atoms with Crippen molar-refractivity contribution < 1.29 is 14.5 Å². The molecule has 1 aliphatic heterocycles. The van der Waals surface area contributed by atoms with Gasteiger partial charge in [0.05, 0.1) is 13.1 Å². The van der Waals surface area contributed by atoms with Gasteiger partial charge in [0, 0.05) is 24.4 Å². The highest BCUT2D eigenvalue weighted by atomic mass is 16.2. The lowest BCUT2D eigenvalue weighted by atomic mass is 9.96. The van der Waals surface area contributed by atoms with Crippen molar-refractivity contribution in [3.8, 4) is 0 Å². The number of hydrogen-bond acceptors (Lipinski definition) is 2. The molecule has 5 heteroatoms. The number of rotatable bonds is 5. The fraction of sp³-hybridized carbons (Fsp3) is 0.529. The van der Waals surface area contributed by atoms with Crippen LogP contribution in [-0.2, 0) is 9.59 Å². The van der Waals surface area contributed by atoms with Crippen molar-refractivity contribution in [2.45, 2.75) is 32.6 Å². The average Bonchev–Trinajstić information content (AvgIpc) is 2.48. The molecule has 0 atom stereocenters. The lowest BCUT2D eigenvalue weighted by Crippen LogP contribution is -3.14. The van der Waals surface area contributed by atoms with Crippen LogP contribution in [0.2, 0.25) is 0 Å². The smallest absolute Gasteiger partial charge is 0.279 e. The topological polar surface area (TPSA) is 76.6 Å². The maximum Gasteiger partial charge on any atom is 0.279 e. The van der Waals surface area contributed by atoms with Crippen LogP contribution in [-0.4, -0.2) is 31.4 Å². The summed E-state index contributed by atoms with van der Waals surface area (Å²) in [6.45, 7) is 6.33. The van der Waals surface area contributed by atoms with Crippen molar-refractivity contribution in [3.63, 3.8) is 0 Å². The Labute approximate surface area is 131 Å². The number of carbonyl (C=O) groups excluding carboxylic acids is 2. The molecule has 0 aromatic heterocycles. The van der Waals surface area contributed by atoms with Gasteiger partial charge < -0.3 is 16.0 Å². The van der Waals surface area contributed by atoms with Gasteiger partial charge in [0.1, 0.15) is 0 Å². The highest BCUT2D eigenvalue weighted by Crippen LogP contribution is 2.23. The first-order chi connectivity index (χ1) is 10.5. The van der Waals surface area contributed by atoms with Crippen molar-refractivity contribution in [2.24, 2.45) is 11.7 Å². The van der Waals surface area contributed by atoms with Crippen LogP contribution in [0.25, 0.3) is 0 Å². The molecule has 2 amide bonds. The van der Waals surface area contributed by atoms with Gasteiger partial charge in [0.25, 0.3) is 5.91 Å². The van der Waals surface area contributed by atoms with Gasteiger partial charge in [-0.1, -0.05) is 32.0 Å². The predicted molar refractivity (Wildman–Crippen MR) is 86.6 cm³/mol. The van der Waals surface area contributed by atoms with E-state index in [2.05, 4.69) is 19.2 Å². The van der Waals surface area contributed by atoms with E-state index in [0.29, 0.717) is 12.5 Å². The molecular weight excluding hydrogens is 278 g/mol. The van der Waals surface area contributed by atoms with Gasteiger partial charge in [-0.3, -0.25) is 9.59 Å². The van der Waals surface area contributed by atoms with E-state index in [9.17, 15) is 9.59 Å². The first-order valence-corrected chi connectivity index (χ1v) is 7.99. The summed E-state index contributed by atoms with van der Waals surface area (Å²) in [6, 6.07) is 7.92. The van der Waals surface area contributed by atoms with E-state index in [1.54, 1.807) is 0 Å². The van der Waals surface area contributed by atoms with Crippen molar-refractivity contribution in [1.82, 2.24) is 0 Å². The zero-order chi connectivity index (χ0) is 16.1. The van der Waals surface area contributed by atoms with Gasteiger partial charge in [-0.2, -0.15) is 0 Å². The number of nitrogens with two attached hydrogens (primary N) is 1. The monoisotopic (exact) mass is 304 g/mol. The number of amides is 2. The molecule has 1 fully saturated rings. The standard InChI is InChI=1S/C17H25N3O2/c1-12(2)14-5-3-4-6-15(14)19-16(21)11-20-9-7-13(8-10-20)17(18)22/h3-6,12-13H,7-11H2,1-2H3,(H2,18,22)(H,19,21)/p+1. The summed E-state index contributed by atoms with van der Waals surface area (Å²) in [7, 11) is 0. The number of hydrogen-bond donors (Lipinski definition) is 3. The molecule has 0 unspecified atom stereocenters. The van der Waals surface area contributed by atoms with E-state index in [1.807, 2.05) is 24.3 Å². The molecule has 120 valence electrons. The molecule has 4 N–H and O–H groups in total. The fourth-order valence-electron chi connectivity index (χ4n) is 3.02. The molecule has 5 nitrogen and oxygen atoms in total. The Morgan fingerprint density at radius 3 is 2.50 bits per heavy atom. The van der Waals surface area contributed by atoms with Crippen LogP contribution in [0.1, 0.15) is 38.2 Å². The van der Waals surface area contributed by atoms with Gasteiger partial charge in [-0.15, -0.1) is 0 Å². The number of para-hydroxylation sites is 1. The molecule has 0 spiro atoms. The summed E-state index contributed by atoms with van der Waals surface area (Å²) in [5, 5.41) is 3.02. The van der Waals surface area contributed by atoms with Crippen LogP contribution >= 0.6 is 0 Å². The molecule has 0 aliphatic carbocycles. The number of piperidine rings is 1. The predicted octanol–water partition coefficient (Wildman–Crippen LogP) is 0.529. The summed E-state index contributed by atoms with van der Waals surface area (Å²) in [5.41, 5.74) is 7.38. The molecule has 2 rings (SSSR count). The molecule has 0 radical (unpaired) electrons. The Morgan fingerprint density at radius 2 is 1.91 bits per heavy atom. The summed E-state index contributed by atoms with van der Waals surface area (Å²) in [6.07, 6.45) is 1.56. The molecular formula is C17H26N3O2+. The minimum absolute atomic E-state index is 0.0199. The highest BCUT2D eigenvalue weighted by molar-refractivity contribution is 5.92. The average molecular weight is 304 g/mol. The van der Waals surface area contributed by atoms with E-state index in [-0.39, 0.29) is 17.7 Å². The summed E-state index contributed by atoms with van der Waals surface area (Å²) >= 11 is 0. The highest BCUT2D eigenvalue weighted by Gasteiger charge is 2.27. The number of likely N-dealkylation sites (tertiary alicyclic amines) is 1. The Hall–Kier alpha value is -1.88. The number of quaternary nitrogens is 1. The van der Waals surface area contributed by atoms with Crippen LogP contribution in [0.15, 0.2) is 24.3 Å². The van der Waals surface area contributed by atoms with Crippen LogP contribution in [0.4, 0.5) is 5.69 Å². The van der Waals surface area contributed by atoms with Crippen LogP contribution in [0.3, 0.4) is 0 Å². The molecule has 0 bridgehead atoms. The number of anilines is 1. The molecule has 1 aromatic rings. The van der Waals surface area contributed by atoms with E-state index in [1.165, 1.54) is 4.90 Å². The second kappa shape index (κ2) is 7.40. The Morgan fingerprint density at radius 1 is 1.27 bits per heavy atom. The largest absolute Gasteiger partial charge is 0.369 e. The lowest BCUT2D eigenvalue weighted by Gasteiger charge is -2.27. The number of carbonyl (C=O) groups is 2. The van der Waals surface area contributed by atoms with Crippen molar-refractivity contribution in [3.05, 3.63) is 29.8 Å². The van der Waals surface area contributed by atoms with Crippen LogP contribution < -0.4 is 16.0 Å². The second-order valence-electron chi connectivity index (χ2n) is 6.39. The lowest BCUT2D eigenvalue weighted by molar-refractivity contribution is -0.897. The number of benzene rings is 1. The summed E-state index contributed by atoms with van der Waals surface area (Å²) in [4.78, 5) is 24.6.